The lowest BCUT2D eigenvalue weighted by Gasteiger charge is -2.08. The van der Waals surface area contributed by atoms with E-state index in [1.807, 2.05) is 0 Å². The number of ether oxygens (including phenoxy) is 2. The van der Waals surface area contributed by atoms with Crippen LogP contribution in [0.25, 0.3) is 0 Å². The van der Waals surface area contributed by atoms with Gasteiger partial charge in [-0.1, -0.05) is 0 Å². The molecule has 0 atom stereocenters. The van der Waals surface area contributed by atoms with E-state index in [2.05, 4.69) is 4.72 Å². The third-order valence-corrected chi connectivity index (χ3v) is 3.63. The minimum atomic E-state index is -3.34. The predicted octanol–water partition coefficient (Wildman–Crippen LogP) is 1.16. The van der Waals surface area contributed by atoms with E-state index in [0.29, 0.717) is 25.3 Å². The quantitative estimate of drug-likeness (QED) is 0.693. The molecule has 0 aromatic heterocycles. The van der Waals surface area contributed by atoms with Crippen LogP contribution in [0.3, 0.4) is 0 Å². The van der Waals surface area contributed by atoms with Crippen molar-refractivity contribution in [2.24, 2.45) is 0 Å². The maximum atomic E-state index is 12.6. The number of methoxy groups -OCH3 is 1. The molecule has 1 aromatic rings. The van der Waals surface area contributed by atoms with E-state index >= 15 is 0 Å². The number of hydrogen-bond donors (Lipinski definition) is 1. The van der Waals surface area contributed by atoms with Crippen molar-refractivity contribution in [1.82, 2.24) is 4.72 Å². The average Bonchev–Trinajstić information content (AvgIpc) is 2.37. The smallest absolute Gasteiger partial charge is 0.214 e. The van der Waals surface area contributed by atoms with Gasteiger partial charge in [0.25, 0.3) is 0 Å². The third kappa shape index (κ3) is 7.09. The van der Waals surface area contributed by atoms with E-state index in [1.165, 1.54) is 24.3 Å². The molecule has 0 aliphatic carbocycles. The monoisotopic (exact) mass is 291 g/mol. The Balaban J connectivity index is 2.25. The standard InChI is InChI=1S/C12H18FNO4S/c1-17-8-2-7-14-19(15,16)10-9-18-12-5-3-11(13)4-6-12/h3-6,14H,2,7-10H2,1H3. The molecular weight excluding hydrogens is 273 g/mol. The molecule has 0 aliphatic rings. The van der Waals surface area contributed by atoms with Gasteiger partial charge in [-0.2, -0.15) is 0 Å². The molecule has 0 amide bonds. The van der Waals surface area contributed by atoms with Gasteiger partial charge in [-0.05, 0) is 30.7 Å². The summed E-state index contributed by atoms with van der Waals surface area (Å²) >= 11 is 0. The first-order chi connectivity index (χ1) is 9.03. The van der Waals surface area contributed by atoms with Gasteiger partial charge in [-0.3, -0.25) is 0 Å². The first-order valence-electron chi connectivity index (χ1n) is 5.88. The van der Waals surface area contributed by atoms with Crippen molar-refractivity contribution < 1.29 is 22.3 Å². The molecule has 19 heavy (non-hydrogen) atoms. The number of rotatable bonds is 9. The van der Waals surface area contributed by atoms with Gasteiger partial charge >= 0.3 is 0 Å². The second-order valence-electron chi connectivity index (χ2n) is 3.86. The number of halogens is 1. The molecule has 0 spiro atoms. The van der Waals surface area contributed by atoms with Crippen LogP contribution in [0.5, 0.6) is 5.75 Å². The second-order valence-corrected chi connectivity index (χ2v) is 5.79. The van der Waals surface area contributed by atoms with Crippen molar-refractivity contribution in [3.8, 4) is 5.75 Å². The van der Waals surface area contributed by atoms with Crippen molar-refractivity contribution in [2.75, 3.05) is 32.6 Å². The van der Waals surface area contributed by atoms with Gasteiger partial charge in [0.2, 0.25) is 10.0 Å². The lowest BCUT2D eigenvalue weighted by Crippen LogP contribution is -2.30. The van der Waals surface area contributed by atoms with E-state index in [0.717, 1.165) is 0 Å². The molecule has 1 rings (SSSR count). The Labute approximate surface area is 112 Å². The van der Waals surface area contributed by atoms with Crippen LogP contribution in [-0.4, -0.2) is 41.0 Å². The van der Waals surface area contributed by atoms with Gasteiger partial charge in [0.05, 0.1) is 5.75 Å². The van der Waals surface area contributed by atoms with Crippen LogP contribution in [0, 0.1) is 5.82 Å². The van der Waals surface area contributed by atoms with Gasteiger partial charge in [-0.25, -0.2) is 17.5 Å². The number of sulfonamides is 1. The van der Waals surface area contributed by atoms with Crippen LogP contribution in [0.1, 0.15) is 6.42 Å². The molecule has 0 radical (unpaired) electrons. The molecule has 0 bridgehead atoms. The Kier molecular flexibility index (Phi) is 6.75. The Morgan fingerprint density at radius 1 is 1.21 bits per heavy atom. The SMILES string of the molecule is COCCCNS(=O)(=O)CCOc1ccc(F)cc1. The maximum absolute atomic E-state index is 12.6. The van der Waals surface area contributed by atoms with Crippen molar-refractivity contribution in [3.05, 3.63) is 30.1 Å². The molecule has 108 valence electrons. The Morgan fingerprint density at radius 3 is 2.53 bits per heavy atom. The summed E-state index contributed by atoms with van der Waals surface area (Å²) in [5.41, 5.74) is 0. The Morgan fingerprint density at radius 2 is 1.89 bits per heavy atom. The Hall–Kier alpha value is -1.18. The number of hydrogen-bond acceptors (Lipinski definition) is 4. The van der Waals surface area contributed by atoms with Gasteiger partial charge in [0.1, 0.15) is 18.2 Å². The molecule has 1 aromatic carbocycles. The van der Waals surface area contributed by atoms with Crippen LogP contribution in [-0.2, 0) is 14.8 Å². The lowest BCUT2D eigenvalue weighted by atomic mass is 10.3. The number of benzene rings is 1. The van der Waals surface area contributed by atoms with E-state index in [-0.39, 0.29) is 18.2 Å². The van der Waals surface area contributed by atoms with Gasteiger partial charge in [0.15, 0.2) is 0 Å². The Bertz CT molecular complexity index is 461. The van der Waals surface area contributed by atoms with Crippen LogP contribution >= 0.6 is 0 Å². The molecule has 0 aliphatic heterocycles. The van der Waals surface area contributed by atoms with Crippen molar-refractivity contribution in [3.63, 3.8) is 0 Å². The van der Waals surface area contributed by atoms with Crippen LogP contribution < -0.4 is 9.46 Å². The summed E-state index contributed by atoms with van der Waals surface area (Å²) in [7, 11) is -1.78. The molecule has 0 saturated heterocycles. The average molecular weight is 291 g/mol. The topological polar surface area (TPSA) is 64.6 Å². The van der Waals surface area contributed by atoms with Gasteiger partial charge < -0.3 is 9.47 Å². The molecule has 0 heterocycles. The van der Waals surface area contributed by atoms with E-state index in [1.54, 1.807) is 7.11 Å². The second kappa shape index (κ2) is 8.08. The first-order valence-corrected chi connectivity index (χ1v) is 7.53. The molecular formula is C12H18FNO4S. The summed E-state index contributed by atoms with van der Waals surface area (Å²) in [6.07, 6.45) is 0.620. The summed E-state index contributed by atoms with van der Waals surface area (Å²) in [5, 5.41) is 0. The van der Waals surface area contributed by atoms with Gasteiger partial charge in [-0.15, -0.1) is 0 Å². The van der Waals surface area contributed by atoms with Crippen LogP contribution in [0.4, 0.5) is 4.39 Å². The molecule has 0 saturated carbocycles. The molecule has 1 N–H and O–H groups in total. The fourth-order valence-corrected chi connectivity index (χ4v) is 2.22. The minimum absolute atomic E-state index is 0.0191. The van der Waals surface area contributed by atoms with E-state index in [9.17, 15) is 12.8 Å². The molecule has 5 nitrogen and oxygen atoms in total. The van der Waals surface area contributed by atoms with Crippen molar-refractivity contribution in [1.29, 1.82) is 0 Å². The summed E-state index contributed by atoms with van der Waals surface area (Å²) < 4.78 is 48.2. The van der Waals surface area contributed by atoms with Crippen molar-refractivity contribution >= 4 is 10.0 Å². The summed E-state index contributed by atoms with van der Waals surface area (Å²) in [6, 6.07) is 5.42. The highest BCUT2D eigenvalue weighted by Gasteiger charge is 2.09. The predicted molar refractivity (Wildman–Crippen MR) is 70.2 cm³/mol. The maximum Gasteiger partial charge on any atom is 0.214 e. The summed E-state index contributed by atoms with van der Waals surface area (Å²) in [6.45, 7) is 0.868. The normalized spacial score (nSPS) is 11.5. The molecule has 7 heteroatoms. The highest BCUT2D eigenvalue weighted by atomic mass is 32.2. The van der Waals surface area contributed by atoms with Crippen LogP contribution in [0.15, 0.2) is 24.3 Å². The van der Waals surface area contributed by atoms with Crippen LogP contribution in [0.2, 0.25) is 0 Å². The minimum Gasteiger partial charge on any atom is -0.492 e. The summed E-state index contributed by atoms with van der Waals surface area (Å²) in [5.74, 6) is -0.0621. The fraction of sp³-hybridized carbons (Fsp3) is 0.500. The third-order valence-electron chi connectivity index (χ3n) is 2.28. The zero-order valence-corrected chi connectivity index (χ0v) is 11.6. The molecule has 0 unspecified atom stereocenters. The molecule has 0 fully saturated rings. The highest BCUT2D eigenvalue weighted by molar-refractivity contribution is 7.89. The lowest BCUT2D eigenvalue weighted by molar-refractivity contribution is 0.196. The number of nitrogens with one attached hydrogen (secondary N) is 1. The largest absolute Gasteiger partial charge is 0.492 e. The van der Waals surface area contributed by atoms with E-state index < -0.39 is 10.0 Å². The summed E-state index contributed by atoms with van der Waals surface area (Å²) in [4.78, 5) is 0. The van der Waals surface area contributed by atoms with Gasteiger partial charge in [0, 0.05) is 20.3 Å². The van der Waals surface area contributed by atoms with Crippen molar-refractivity contribution in [2.45, 2.75) is 6.42 Å². The fourth-order valence-electron chi connectivity index (χ4n) is 1.32. The zero-order valence-electron chi connectivity index (χ0n) is 10.8. The zero-order chi connectivity index (χ0) is 14.1. The van der Waals surface area contributed by atoms with E-state index in [4.69, 9.17) is 9.47 Å². The highest BCUT2D eigenvalue weighted by Crippen LogP contribution is 2.10. The first kappa shape index (κ1) is 15.9.